The van der Waals surface area contributed by atoms with Crippen LogP contribution in [-0.2, 0) is 4.74 Å². The van der Waals surface area contributed by atoms with Crippen LogP contribution in [0.2, 0.25) is 0 Å². The van der Waals surface area contributed by atoms with Crippen molar-refractivity contribution in [2.45, 2.75) is 64.4 Å². The molecule has 0 N–H and O–H groups in total. The largest absolute Gasteiger partial charge is 0.464 e. The fourth-order valence-corrected chi connectivity index (χ4v) is 3.43. The van der Waals surface area contributed by atoms with Crippen molar-refractivity contribution in [2.75, 3.05) is 6.61 Å². The predicted molar refractivity (Wildman–Crippen MR) is 91.2 cm³/mol. The van der Waals surface area contributed by atoms with Gasteiger partial charge in [-0.2, -0.15) is 0 Å². The molecule has 1 saturated carbocycles. The summed E-state index contributed by atoms with van der Waals surface area (Å²) in [6, 6.07) is 8.73. The summed E-state index contributed by atoms with van der Waals surface area (Å²) in [7, 11) is 0. The highest BCUT2D eigenvalue weighted by molar-refractivity contribution is 5.77. The Labute approximate surface area is 133 Å². The van der Waals surface area contributed by atoms with E-state index in [2.05, 4.69) is 45.0 Å². The third-order valence-corrected chi connectivity index (χ3v) is 5.29. The lowest BCUT2D eigenvalue weighted by Crippen LogP contribution is -2.28. The van der Waals surface area contributed by atoms with Gasteiger partial charge in [-0.15, -0.1) is 0 Å². The quantitative estimate of drug-likeness (QED) is 0.684. The van der Waals surface area contributed by atoms with Crippen molar-refractivity contribution in [1.82, 2.24) is 0 Å². The van der Waals surface area contributed by atoms with Gasteiger partial charge in [0, 0.05) is 5.39 Å². The van der Waals surface area contributed by atoms with Crippen LogP contribution in [0.25, 0.3) is 11.0 Å². The minimum Gasteiger partial charge on any atom is -0.464 e. The van der Waals surface area contributed by atoms with E-state index in [0.717, 1.165) is 18.6 Å². The van der Waals surface area contributed by atoms with Crippen LogP contribution < -0.4 is 0 Å². The van der Waals surface area contributed by atoms with Crippen molar-refractivity contribution in [3.8, 4) is 0 Å². The molecule has 0 saturated heterocycles. The van der Waals surface area contributed by atoms with Crippen LogP contribution >= 0.6 is 0 Å². The number of hydrogen-bond donors (Lipinski definition) is 0. The maximum atomic E-state index is 6.15. The average molecular weight is 300 g/mol. The van der Waals surface area contributed by atoms with Crippen LogP contribution in [0, 0.1) is 5.92 Å². The Morgan fingerprint density at radius 1 is 1.23 bits per heavy atom. The van der Waals surface area contributed by atoms with Crippen LogP contribution in [0.3, 0.4) is 0 Å². The molecule has 2 heteroatoms. The molecule has 1 aliphatic rings. The molecule has 0 aliphatic heterocycles. The van der Waals surface area contributed by atoms with Crippen LogP contribution in [0.1, 0.15) is 64.4 Å². The molecule has 0 spiro atoms. The molecule has 0 radical (unpaired) electrons. The van der Waals surface area contributed by atoms with Gasteiger partial charge in [0.2, 0.25) is 0 Å². The Bertz CT molecular complexity index is 611. The Hall–Kier alpha value is -1.28. The fourth-order valence-electron chi connectivity index (χ4n) is 3.43. The Morgan fingerprint density at radius 2 is 2.09 bits per heavy atom. The van der Waals surface area contributed by atoms with Crippen molar-refractivity contribution in [3.05, 3.63) is 36.1 Å². The molecule has 2 atom stereocenters. The third kappa shape index (κ3) is 3.55. The fraction of sp³-hybridized carbons (Fsp3) is 0.600. The van der Waals surface area contributed by atoms with Crippen molar-refractivity contribution in [1.29, 1.82) is 0 Å². The minimum atomic E-state index is 0.0165. The van der Waals surface area contributed by atoms with Crippen LogP contribution in [0.5, 0.6) is 0 Å². The highest BCUT2D eigenvalue weighted by Crippen LogP contribution is 2.37. The predicted octanol–water partition coefficient (Wildman–Crippen LogP) is 5.91. The van der Waals surface area contributed by atoms with Gasteiger partial charge in [-0.05, 0) is 75.1 Å². The normalized spacial score (nSPS) is 23.0. The first-order valence-electron chi connectivity index (χ1n) is 8.68. The lowest BCUT2D eigenvalue weighted by atomic mass is 9.78. The molecule has 1 aromatic heterocycles. The van der Waals surface area contributed by atoms with Gasteiger partial charge in [-0.1, -0.05) is 19.4 Å². The second-order valence-electron chi connectivity index (χ2n) is 7.37. The molecule has 2 unspecified atom stereocenters. The van der Waals surface area contributed by atoms with Gasteiger partial charge in [-0.25, -0.2) is 0 Å². The smallest absolute Gasteiger partial charge is 0.133 e. The Balaban J connectivity index is 1.64. The molecule has 3 rings (SSSR count). The van der Waals surface area contributed by atoms with Gasteiger partial charge in [0.05, 0.1) is 18.5 Å². The van der Waals surface area contributed by atoms with Gasteiger partial charge < -0.3 is 9.15 Å². The Kier molecular flexibility index (Phi) is 4.58. The van der Waals surface area contributed by atoms with E-state index < -0.39 is 0 Å². The maximum absolute atomic E-state index is 6.15. The number of rotatable bonds is 5. The molecule has 22 heavy (non-hydrogen) atoms. The first-order chi connectivity index (χ1) is 10.6. The van der Waals surface area contributed by atoms with Gasteiger partial charge >= 0.3 is 0 Å². The highest BCUT2D eigenvalue weighted by atomic mass is 16.5. The highest BCUT2D eigenvalue weighted by Gasteiger charge is 2.26. The molecule has 1 fully saturated rings. The van der Waals surface area contributed by atoms with E-state index in [0.29, 0.717) is 11.8 Å². The van der Waals surface area contributed by atoms with Crippen LogP contribution in [0.15, 0.2) is 34.9 Å². The van der Waals surface area contributed by atoms with Crippen LogP contribution in [-0.4, -0.2) is 12.2 Å². The molecule has 1 heterocycles. The summed E-state index contributed by atoms with van der Waals surface area (Å²) >= 11 is 0. The number of hydrogen-bond acceptors (Lipinski definition) is 2. The lowest BCUT2D eigenvalue weighted by Gasteiger charge is -2.32. The third-order valence-electron chi connectivity index (χ3n) is 5.29. The minimum absolute atomic E-state index is 0.0165. The second kappa shape index (κ2) is 6.45. The van der Waals surface area contributed by atoms with Gasteiger partial charge in [0.1, 0.15) is 5.58 Å². The van der Waals surface area contributed by atoms with Crippen molar-refractivity contribution < 1.29 is 9.15 Å². The zero-order chi connectivity index (χ0) is 15.6. The van der Waals surface area contributed by atoms with E-state index in [9.17, 15) is 0 Å². The molecule has 120 valence electrons. The second-order valence-corrected chi connectivity index (χ2v) is 7.37. The Morgan fingerprint density at radius 3 is 2.91 bits per heavy atom. The van der Waals surface area contributed by atoms with Crippen LogP contribution in [0.4, 0.5) is 0 Å². The van der Waals surface area contributed by atoms with Crippen molar-refractivity contribution in [2.24, 2.45) is 5.92 Å². The summed E-state index contributed by atoms with van der Waals surface area (Å²) in [4.78, 5) is 0. The summed E-state index contributed by atoms with van der Waals surface area (Å²) in [5, 5.41) is 1.22. The van der Waals surface area contributed by atoms with Crippen molar-refractivity contribution >= 4 is 11.0 Å². The summed E-state index contributed by atoms with van der Waals surface area (Å²) in [6.45, 7) is 7.50. The maximum Gasteiger partial charge on any atom is 0.133 e. The summed E-state index contributed by atoms with van der Waals surface area (Å²) in [5.74, 6) is 1.37. The number of benzene rings is 1. The summed E-state index contributed by atoms with van der Waals surface area (Å²) < 4.78 is 11.6. The van der Waals surface area contributed by atoms with E-state index in [1.807, 2.05) is 0 Å². The van der Waals surface area contributed by atoms with Crippen molar-refractivity contribution in [3.63, 3.8) is 0 Å². The molecular weight excluding hydrogens is 272 g/mol. The molecule has 0 amide bonds. The standard InChI is InChI=1S/C20H28O2/c1-4-20(2,3)22-14-15-6-5-7-16(12-15)17-8-9-19-18(13-17)10-11-21-19/h8-11,13,15-16H,4-7,12,14H2,1-3H3. The molecule has 1 aromatic carbocycles. The number of fused-ring (bicyclic) bond motifs is 1. The topological polar surface area (TPSA) is 22.4 Å². The monoisotopic (exact) mass is 300 g/mol. The zero-order valence-electron chi connectivity index (χ0n) is 14.1. The molecule has 0 bridgehead atoms. The van der Waals surface area contributed by atoms with Gasteiger partial charge in [-0.3, -0.25) is 0 Å². The van der Waals surface area contributed by atoms with E-state index in [1.54, 1.807) is 6.26 Å². The number of ether oxygens (including phenoxy) is 1. The molecule has 2 aromatic rings. The summed E-state index contributed by atoms with van der Waals surface area (Å²) in [6.07, 6.45) is 8.03. The van der Waals surface area contributed by atoms with Gasteiger partial charge in [0.15, 0.2) is 0 Å². The molecular formula is C20H28O2. The lowest BCUT2D eigenvalue weighted by molar-refractivity contribution is -0.0437. The SMILES string of the molecule is CCC(C)(C)OCC1CCCC(c2ccc3occc3c2)C1. The first kappa shape index (κ1) is 15.6. The van der Waals surface area contributed by atoms with E-state index in [1.165, 1.54) is 36.6 Å². The number of furan rings is 1. The van der Waals surface area contributed by atoms with E-state index in [4.69, 9.17) is 9.15 Å². The first-order valence-corrected chi connectivity index (χ1v) is 8.68. The average Bonchev–Trinajstić information content (AvgIpc) is 3.01. The zero-order valence-corrected chi connectivity index (χ0v) is 14.1. The molecule has 2 nitrogen and oxygen atoms in total. The summed E-state index contributed by atoms with van der Waals surface area (Å²) in [5.41, 5.74) is 2.47. The van der Waals surface area contributed by atoms with E-state index >= 15 is 0 Å². The van der Waals surface area contributed by atoms with E-state index in [-0.39, 0.29) is 5.60 Å². The van der Waals surface area contributed by atoms with Gasteiger partial charge in [0.25, 0.3) is 0 Å². The molecule has 1 aliphatic carbocycles.